The van der Waals surface area contributed by atoms with E-state index in [4.69, 9.17) is 4.74 Å². The smallest absolute Gasteiger partial charge is 0.305 e. The summed E-state index contributed by atoms with van der Waals surface area (Å²) < 4.78 is 5.77. The van der Waals surface area contributed by atoms with Gasteiger partial charge in [0.1, 0.15) is 0 Å². The second kappa shape index (κ2) is 32.7. The van der Waals surface area contributed by atoms with E-state index in [1.165, 1.54) is 180 Å². The Morgan fingerprint density at radius 2 is 0.711 bits per heavy atom. The molecule has 0 saturated heterocycles. The number of carbonyl (C=O) groups is 1. The molecule has 0 aromatic rings. The molecule has 38 heavy (non-hydrogen) atoms. The normalized spacial score (nSPS) is 12.2. The molecule has 0 aliphatic rings. The molecule has 0 amide bonds. The van der Waals surface area contributed by atoms with E-state index in [1.54, 1.807) is 0 Å². The number of unbranched alkanes of at least 4 members (excludes halogenated alkanes) is 24. The average molecular weight is 537 g/mol. The third kappa shape index (κ3) is 30.0. The van der Waals surface area contributed by atoms with Crippen LogP contribution in [0.5, 0.6) is 0 Å². The van der Waals surface area contributed by atoms with E-state index in [-0.39, 0.29) is 5.97 Å². The van der Waals surface area contributed by atoms with Gasteiger partial charge in [0.15, 0.2) is 0 Å². The van der Waals surface area contributed by atoms with Gasteiger partial charge < -0.3 is 4.74 Å². The lowest BCUT2D eigenvalue weighted by molar-refractivity contribution is -0.145. The number of carbonyl (C=O) groups excluding carboxylic acids is 1. The number of esters is 1. The van der Waals surface area contributed by atoms with Gasteiger partial charge in [-0.2, -0.15) is 0 Å². The highest BCUT2D eigenvalue weighted by molar-refractivity contribution is 5.69. The molecule has 0 fully saturated rings. The summed E-state index contributed by atoms with van der Waals surface area (Å²) >= 11 is 0. The van der Waals surface area contributed by atoms with E-state index < -0.39 is 0 Å². The van der Waals surface area contributed by atoms with Gasteiger partial charge in [-0.1, -0.05) is 188 Å². The largest absolute Gasteiger partial charge is 0.465 e. The summed E-state index contributed by atoms with van der Waals surface area (Å²) in [5.74, 6) is 0.632. The summed E-state index contributed by atoms with van der Waals surface area (Å²) in [6.45, 7) is 7.52. The zero-order chi connectivity index (χ0) is 27.8. The fourth-order valence-corrected chi connectivity index (χ4v) is 5.66. The van der Waals surface area contributed by atoms with Crippen LogP contribution >= 0.6 is 0 Å². The summed E-state index contributed by atoms with van der Waals surface area (Å²) in [5, 5.41) is 0. The van der Waals surface area contributed by atoms with Gasteiger partial charge in [-0.15, -0.1) is 0 Å². The van der Waals surface area contributed by atoms with Crippen LogP contribution in [0.25, 0.3) is 0 Å². The van der Waals surface area contributed by atoms with Crippen LogP contribution in [-0.2, 0) is 9.53 Å². The molecule has 0 heterocycles. The lowest BCUT2D eigenvalue weighted by atomic mass is 9.95. The van der Waals surface area contributed by atoms with Crippen LogP contribution in [0.3, 0.4) is 0 Å². The lowest BCUT2D eigenvalue weighted by Crippen LogP contribution is -2.14. The quantitative estimate of drug-likeness (QED) is 0.0631. The van der Waals surface area contributed by atoms with E-state index in [1.807, 2.05) is 0 Å². The van der Waals surface area contributed by atoms with E-state index in [0.29, 0.717) is 18.9 Å². The average Bonchev–Trinajstić information content (AvgIpc) is 2.92. The fourth-order valence-electron chi connectivity index (χ4n) is 5.66. The van der Waals surface area contributed by atoms with Crippen LogP contribution in [0.4, 0.5) is 0 Å². The molecule has 0 aromatic heterocycles. The maximum absolute atomic E-state index is 12.4. The zero-order valence-corrected chi connectivity index (χ0v) is 26.8. The Morgan fingerprint density at radius 3 is 1.05 bits per heavy atom. The third-order valence-corrected chi connectivity index (χ3v) is 8.40. The first kappa shape index (κ1) is 37.5. The highest BCUT2D eigenvalue weighted by Crippen LogP contribution is 2.20. The molecular formula is C36H72O2. The monoisotopic (exact) mass is 537 g/mol. The van der Waals surface area contributed by atoms with Crippen molar-refractivity contribution in [2.24, 2.45) is 5.92 Å². The maximum atomic E-state index is 12.4. The molecule has 0 spiro atoms. The van der Waals surface area contributed by atoms with Crippen LogP contribution in [0.15, 0.2) is 0 Å². The van der Waals surface area contributed by atoms with Crippen molar-refractivity contribution in [1.29, 1.82) is 0 Å². The van der Waals surface area contributed by atoms with Crippen molar-refractivity contribution < 1.29 is 9.53 Å². The van der Waals surface area contributed by atoms with Crippen molar-refractivity contribution in [2.75, 3.05) is 6.61 Å². The minimum Gasteiger partial charge on any atom is -0.465 e. The zero-order valence-electron chi connectivity index (χ0n) is 26.8. The van der Waals surface area contributed by atoms with Gasteiger partial charge >= 0.3 is 5.97 Å². The number of hydrogen-bond donors (Lipinski definition) is 0. The van der Waals surface area contributed by atoms with Crippen molar-refractivity contribution in [2.45, 2.75) is 213 Å². The Balaban J connectivity index is 3.73. The molecule has 0 rings (SSSR count). The van der Waals surface area contributed by atoms with Gasteiger partial charge in [0, 0.05) is 6.42 Å². The van der Waals surface area contributed by atoms with E-state index in [9.17, 15) is 4.79 Å². The van der Waals surface area contributed by atoms with Crippen LogP contribution < -0.4 is 0 Å². The van der Waals surface area contributed by atoms with Crippen molar-refractivity contribution in [3.8, 4) is 0 Å². The molecule has 228 valence electrons. The second-order valence-electron chi connectivity index (χ2n) is 12.4. The molecule has 2 heteroatoms. The Hall–Kier alpha value is -0.530. The van der Waals surface area contributed by atoms with Crippen LogP contribution in [0.2, 0.25) is 0 Å². The molecule has 2 nitrogen and oxygen atoms in total. The second-order valence-corrected chi connectivity index (χ2v) is 12.4. The molecule has 0 radical (unpaired) electrons. The van der Waals surface area contributed by atoms with E-state index >= 15 is 0 Å². The summed E-state index contributed by atoms with van der Waals surface area (Å²) in [6, 6.07) is 0. The van der Waals surface area contributed by atoms with Crippen LogP contribution in [-0.4, -0.2) is 12.6 Å². The lowest BCUT2D eigenvalue weighted by Gasteiger charge is -2.17. The first-order valence-corrected chi connectivity index (χ1v) is 17.9. The van der Waals surface area contributed by atoms with Crippen LogP contribution in [0.1, 0.15) is 213 Å². The van der Waals surface area contributed by atoms with Gasteiger partial charge in [-0.25, -0.2) is 0 Å². The third-order valence-electron chi connectivity index (χ3n) is 8.40. The van der Waals surface area contributed by atoms with Crippen molar-refractivity contribution in [3.05, 3.63) is 0 Å². The first-order chi connectivity index (χ1) is 18.7. The molecule has 0 aliphatic heterocycles. The molecule has 0 bridgehead atoms. The molecular weight excluding hydrogens is 464 g/mol. The Morgan fingerprint density at radius 1 is 0.421 bits per heavy atom. The predicted octanol–water partition coefficient (Wildman–Crippen LogP) is 12.9. The topological polar surface area (TPSA) is 26.3 Å². The van der Waals surface area contributed by atoms with E-state index in [0.717, 1.165) is 6.42 Å². The summed E-state index contributed by atoms with van der Waals surface area (Å²) in [7, 11) is 0. The van der Waals surface area contributed by atoms with Gasteiger partial charge in [0.05, 0.1) is 6.61 Å². The summed E-state index contributed by atoms with van der Waals surface area (Å²) in [6.07, 6.45) is 39.7. The minimum absolute atomic E-state index is 0.0512. The first-order valence-electron chi connectivity index (χ1n) is 17.9. The van der Waals surface area contributed by atoms with Gasteiger partial charge in [-0.05, 0) is 25.2 Å². The number of ether oxygens (including phenoxy) is 1. The highest BCUT2D eigenvalue weighted by atomic mass is 16.5. The summed E-state index contributed by atoms with van der Waals surface area (Å²) in [5.41, 5.74) is 0. The number of rotatable bonds is 32. The van der Waals surface area contributed by atoms with Gasteiger partial charge in [-0.3, -0.25) is 4.79 Å². The highest BCUT2D eigenvalue weighted by Gasteiger charge is 2.12. The molecule has 1 unspecified atom stereocenters. The molecule has 0 N–H and O–H groups in total. The van der Waals surface area contributed by atoms with Crippen LogP contribution in [0, 0.1) is 5.92 Å². The number of hydrogen-bond acceptors (Lipinski definition) is 2. The van der Waals surface area contributed by atoms with Gasteiger partial charge in [0.2, 0.25) is 0 Å². The standard InChI is InChI=1S/C36H72O2/c1-4-7-10-13-15-16-17-18-19-20-21-22-24-27-30-33-36(37)38-34-35(31-28-25-12-9-6-3)32-29-26-23-14-11-8-5-2/h35H,4-34H2,1-3H3. The van der Waals surface area contributed by atoms with Crippen molar-refractivity contribution in [3.63, 3.8) is 0 Å². The Bertz CT molecular complexity index is 447. The predicted molar refractivity (Wildman–Crippen MR) is 170 cm³/mol. The summed E-state index contributed by atoms with van der Waals surface area (Å²) in [4.78, 5) is 12.4. The fraction of sp³-hybridized carbons (Fsp3) is 0.972. The Labute approximate surface area is 241 Å². The van der Waals surface area contributed by atoms with Crippen molar-refractivity contribution >= 4 is 5.97 Å². The molecule has 0 saturated carbocycles. The molecule has 0 aromatic carbocycles. The van der Waals surface area contributed by atoms with E-state index in [2.05, 4.69) is 20.8 Å². The maximum Gasteiger partial charge on any atom is 0.305 e. The molecule has 1 atom stereocenters. The SMILES string of the molecule is CCCCCCCCCCCCCCCCCC(=O)OCC(CCCCCCC)CCCCCCCCC. The van der Waals surface area contributed by atoms with Gasteiger partial charge in [0.25, 0.3) is 0 Å². The molecule has 0 aliphatic carbocycles. The Kier molecular flexibility index (Phi) is 32.2. The minimum atomic E-state index is 0.0512. The van der Waals surface area contributed by atoms with Crippen molar-refractivity contribution in [1.82, 2.24) is 0 Å².